The van der Waals surface area contributed by atoms with Crippen LogP contribution in [0.5, 0.6) is 0 Å². The number of carbonyl (C=O) groups is 1. The van der Waals surface area contributed by atoms with E-state index in [1.54, 1.807) is 28.8 Å². The summed E-state index contributed by atoms with van der Waals surface area (Å²) < 4.78 is 41.0. The molecule has 3 N–H and O–H groups in total. The lowest BCUT2D eigenvalue weighted by Crippen LogP contribution is -2.48. The topological polar surface area (TPSA) is 96.2 Å². The lowest BCUT2D eigenvalue weighted by molar-refractivity contribution is -0.137. The standard InChI is InChI=1S/C34H39F3N4O3.ClH/c1-3-10-26(11-4-2)41-22-39-31-27(16-9-17-28(31)33(41)44)32(43)40-29(19-23-12-6-5-7-13-23)30(42)21-38-20-24-14-8-15-25(18-24)34(35,36)37;/h5-9,12-18,22,26,29-30,38,42H,3-4,10-11,19-21H2,1-2H3,(H,40,43);1H/t29-,30+;/m0./s1. The van der Waals surface area contributed by atoms with Crippen LogP contribution in [0.1, 0.15) is 72.6 Å². The van der Waals surface area contributed by atoms with Gasteiger partial charge in [-0.05, 0) is 48.6 Å². The van der Waals surface area contributed by atoms with E-state index in [1.165, 1.54) is 12.4 Å². The summed E-state index contributed by atoms with van der Waals surface area (Å²) in [5.74, 6) is -0.489. The average Bonchev–Trinajstić information content (AvgIpc) is 3.01. The van der Waals surface area contributed by atoms with Gasteiger partial charge in [0.2, 0.25) is 0 Å². The smallest absolute Gasteiger partial charge is 0.390 e. The van der Waals surface area contributed by atoms with Crippen molar-refractivity contribution in [1.82, 2.24) is 20.2 Å². The summed E-state index contributed by atoms with van der Waals surface area (Å²) in [6.45, 7) is 4.27. The number of alkyl halides is 3. The molecule has 0 unspecified atom stereocenters. The van der Waals surface area contributed by atoms with Gasteiger partial charge in [0.25, 0.3) is 11.5 Å². The van der Waals surface area contributed by atoms with Gasteiger partial charge in [0.05, 0.1) is 40.5 Å². The van der Waals surface area contributed by atoms with Crippen LogP contribution in [0.3, 0.4) is 0 Å². The van der Waals surface area contributed by atoms with Gasteiger partial charge in [-0.25, -0.2) is 4.98 Å². The molecule has 0 aliphatic heterocycles. The molecule has 0 bridgehead atoms. The van der Waals surface area contributed by atoms with Crippen molar-refractivity contribution in [3.8, 4) is 0 Å². The predicted molar refractivity (Wildman–Crippen MR) is 173 cm³/mol. The number of rotatable bonds is 14. The van der Waals surface area contributed by atoms with Gasteiger partial charge < -0.3 is 15.7 Å². The normalized spacial score (nSPS) is 13.0. The molecule has 0 saturated carbocycles. The van der Waals surface area contributed by atoms with E-state index in [0.29, 0.717) is 17.4 Å². The summed E-state index contributed by atoms with van der Waals surface area (Å²) in [5, 5.41) is 17.4. The molecule has 242 valence electrons. The van der Waals surface area contributed by atoms with E-state index in [-0.39, 0.29) is 48.2 Å². The Balaban J connectivity index is 0.00000552. The first kappa shape index (κ1) is 35.7. The maximum Gasteiger partial charge on any atom is 0.416 e. The van der Waals surface area contributed by atoms with E-state index in [0.717, 1.165) is 43.4 Å². The predicted octanol–water partition coefficient (Wildman–Crippen LogP) is 6.47. The highest BCUT2D eigenvalue weighted by Gasteiger charge is 2.30. The van der Waals surface area contributed by atoms with Crippen LogP contribution >= 0.6 is 12.4 Å². The third-order valence-corrected chi connectivity index (χ3v) is 7.71. The van der Waals surface area contributed by atoms with E-state index in [1.807, 2.05) is 30.3 Å². The first-order valence-electron chi connectivity index (χ1n) is 15.0. The molecule has 0 fully saturated rings. The van der Waals surface area contributed by atoms with Crippen LogP contribution < -0.4 is 16.2 Å². The summed E-state index contributed by atoms with van der Waals surface area (Å²) in [6.07, 6.45) is -0.144. The van der Waals surface area contributed by atoms with Gasteiger partial charge in [-0.1, -0.05) is 81.3 Å². The maximum atomic E-state index is 13.6. The van der Waals surface area contributed by atoms with Gasteiger partial charge in [0.1, 0.15) is 0 Å². The SMILES string of the molecule is CCCC(CCC)n1cnc2c(C(=O)N[C@@H](Cc3ccccc3)[C@H](O)CNCc3cccc(C(F)(F)F)c3)cccc2c1=O.Cl. The fraction of sp³-hybridized carbons (Fsp3) is 0.382. The molecular weight excluding hydrogens is 605 g/mol. The Hall–Kier alpha value is -3.73. The van der Waals surface area contributed by atoms with Crippen molar-refractivity contribution < 1.29 is 23.1 Å². The zero-order chi connectivity index (χ0) is 31.7. The van der Waals surface area contributed by atoms with E-state index in [9.17, 15) is 27.9 Å². The molecule has 2 atom stereocenters. The molecule has 0 aliphatic rings. The Kier molecular flexibility index (Phi) is 13.1. The molecule has 0 saturated heterocycles. The van der Waals surface area contributed by atoms with Crippen LogP contribution in [0, 0.1) is 0 Å². The second-order valence-electron chi connectivity index (χ2n) is 11.1. The van der Waals surface area contributed by atoms with Gasteiger partial charge in [-0.3, -0.25) is 14.2 Å². The van der Waals surface area contributed by atoms with Crippen molar-refractivity contribution in [2.75, 3.05) is 6.54 Å². The molecule has 0 radical (unpaired) electrons. The van der Waals surface area contributed by atoms with Gasteiger partial charge in [-0.2, -0.15) is 13.2 Å². The number of hydrogen-bond acceptors (Lipinski definition) is 5. The molecule has 1 aromatic heterocycles. The van der Waals surface area contributed by atoms with Crippen LogP contribution in [-0.4, -0.2) is 39.3 Å². The number of nitrogens with one attached hydrogen (secondary N) is 2. The summed E-state index contributed by atoms with van der Waals surface area (Å²) in [4.78, 5) is 31.6. The van der Waals surface area contributed by atoms with Gasteiger partial charge in [-0.15, -0.1) is 12.4 Å². The minimum Gasteiger partial charge on any atom is -0.390 e. The first-order valence-corrected chi connectivity index (χ1v) is 15.0. The molecule has 4 aromatic rings. The van der Waals surface area contributed by atoms with Crippen molar-refractivity contribution in [3.05, 3.63) is 112 Å². The highest BCUT2D eigenvalue weighted by atomic mass is 35.5. The largest absolute Gasteiger partial charge is 0.416 e. The number of nitrogens with zero attached hydrogens (tertiary/aromatic N) is 2. The monoisotopic (exact) mass is 644 g/mol. The quantitative estimate of drug-likeness (QED) is 0.146. The number of hydrogen-bond donors (Lipinski definition) is 3. The second-order valence-corrected chi connectivity index (χ2v) is 11.1. The highest BCUT2D eigenvalue weighted by Crippen LogP contribution is 2.29. The Bertz CT molecular complexity index is 1590. The highest BCUT2D eigenvalue weighted by molar-refractivity contribution is 6.05. The van der Waals surface area contributed by atoms with Crippen molar-refractivity contribution in [1.29, 1.82) is 0 Å². The number of aliphatic hydroxyl groups is 1. The molecule has 11 heteroatoms. The van der Waals surface area contributed by atoms with Gasteiger partial charge >= 0.3 is 6.18 Å². The number of amides is 1. The molecule has 1 heterocycles. The number of carbonyl (C=O) groups excluding carboxylic acids is 1. The van der Waals surface area contributed by atoms with Gasteiger partial charge in [0, 0.05) is 19.1 Å². The van der Waals surface area contributed by atoms with Crippen LogP contribution in [0.25, 0.3) is 10.9 Å². The Morgan fingerprint density at radius 2 is 1.62 bits per heavy atom. The number of halogens is 4. The minimum atomic E-state index is -4.45. The summed E-state index contributed by atoms with van der Waals surface area (Å²) in [5.41, 5.74) is 0.865. The fourth-order valence-electron chi connectivity index (χ4n) is 5.46. The summed E-state index contributed by atoms with van der Waals surface area (Å²) >= 11 is 0. The zero-order valence-electron chi connectivity index (χ0n) is 25.4. The number of benzene rings is 3. The third-order valence-electron chi connectivity index (χ3n) is 7.71. The Labute approximate surface area is 267 Å². The molecular formula is C34H40ClF3N4O3. The second kappa shape index (κ2) is 16.5. The third kappa shape index (κ3) is 9.39. The lowest BCUT2D eigenvalue weighted by atomic mass is 10.00. The van der Waals surface area contributed by atoms with Crippen LogP contribution in [0.2, 0.25) is 0 Å². The van der Waals surface area contributed by atoms with E-state index in [2.05, 4.69) is 29.5 Å². The first-order chi connectivity index (χ1) is 21.1. The van der Waals surface area contributed by atoms with Crippen molar-refractivity contribution >= 4 is 29.2 Å². The maximum absolute atomic E-state index is 13.6. The van der Waals surface area contributed by atoms with Crippen LogP contribution in [0.4, 0.5) is 13.2 Å². The lowest BCUT2D eigenvalue weighted by Gasteiger charge is -2.25. The van der Waals surface area contributed by atoms with E-state index < -0.39 is 29.8 Å². The Morgan fingerprint density at radius 3 is 2.29 bits per heavy atom. The van der Waals surface area contributed by atoms with Crippen molar-refractivity contribution in [2.24, 2.45) is 0 Å². The minimum absolute atomic E-state index is 0. The van der Waals surface area contributed by atoms with Gasteiger partial charge in [0.15, 0.2) is 0 Å². The summed E-state index contributed by atoms with van der Waals surface area (Å²) in [7, 11) is 0. The molecule has 3 aromatic carbocycles. The molecule has 0 spiro atoms. The molecule has 7 nitrogen and oxygen atoms in total. The van der Waals surface area contributed by atoms with Crippen molar-refractivity contribution in [2.45, 2.75) is 76.9 Å². The van der Waals surface area contributed by atoms with Crippen LogP contribution in [0.15, 0.2) is 83.9 Å². The molecule has 45 heavy (non-hydrogen) atoms. The zero-order valence-corrected chi connectivity index (χ0v) is 26.2. The Morgan fingerprint density at radius 1 is 0.956 bits per heavy atom. The van der Waals surface area contributed by atoms with Crippen LogP contribution in [-0.2, 0) is 19.1 Å². The number of aliphatic hydroxyl groups excluding tert-OH is 1. The summed E-state index contributed by atoms with van der Waals surface area (Å²) in [6, 6.07) is 18.5. The molecule has 0 aliphatic carbocycles. The molecule has 4 rings (SSSR count). The molecule has 1 amide bonds. The van der Waals surface area contributed by atoms with E-state index in [4.69, 9.17) is 0 Å². The van der Waals surface area contributed by atoms with E-state index >= 15 is 0 Å². The number of aromatic nitrogens is 2. The fourth-order valence-corrected chi connectivity index (χ4v) is 5.46. The average molecular weight is 645 g/mol. The number of para-hydroxylation sites is 1. The number of fused-ring (bicyclic) bond motifs is 1. The van der Waals surface area contributed by atoms with Crippen molar-refractivity contribution in [3.63, 3.8) is 0 Å².